The quantitative estimate of drug-likeness (QED) is 0.398. The molecule has 0 spiro atoms. The van der Waals surface area contributed by atoms with Gasteiger partial charge >= 0.3 is 0 Å². The second-order valence-electron chi connectivity index (χ2n) is 10.4. The maximum absolute atomic E-state index is 5.14. The molecule has 4 aliphatic rings. The van der Waals surface area contributed by atoms with Crippen LogP contribution in [0.1, 0.15) is 90.9 Å². The van der Waals surface area contributed by atoms with E-state index in [9.17, 15) is 0 Å². The summed E-state index contributed by atoms with van der Waals surface area (Å²) in [6.07, 6.45) is 16.4. The summed E-state index contributed by atoms with van der Waals surface area (Å²) in [7, 11) is 0. The van der Waals surface area contributed by atoms with E-state index < -0.39 is 0 Å². The van der Waals surface area contributed by atoms with Gasteiger partial charge in [0.2, 0.25) is 0 Å². The molecule has 1 saturated heterocycles. The molecule has 0 aromatic heterocycles. The van der Waals surface area contributed by atoms with Crippen molar-refractivity contribution in [1.82, 2.24) is 4.31 Å². The van der Waals surface area contributed by atoms with Gasteiger partial charge in [0.1, 0.15) is 0 Å². The molecule has 4 fully saturated rings. The maximum Gasteiger partial charge on any atom is 0.0247 e. The van der Waals surface area contributed by atoms with Gasteiger partial charge in [-0.2, -0.15) is 25.3 Å². The molecule has 3 saturated carbocycles. The molecule has 1 heterocycles. The number of fused-ring (bicyclic) bond motifs is 1. The van der Waals surface area contributed by atoms with Crippen LogP contribution in [-0.2, 0) is 0 Å². The van der Waals surface area contributed by atoms with Crippen LogP contribution < -0.4 is 0 Å². The Morgan fingerprint density at radius 2 is 1.48 bits per heavy atom. The molecular formula is C23H41NS3. The average molecular weight is 428 g/mol. The predicted molar refractivity (Wildman–Crippen MR) is 127 cm³/mol. The molecule has 0 N–H and O–H groups in total. The van der Waals surface area contributed by atoms with Crippen molar-refractivity contribution in [3.05, 3.63) is 0 Å². The Morgan fingerprint density at radius 1 is 0.889 bits per heavy atom. The third-order valence-corrected chi connectivity index (χ3v) is 10.4. The van der Waals surface area contributed by atoms with Crippen LogP contribution in [0.25, 0.3) is 0 Å². The topological polar surface area (TPSA) is 3.24 Å². The van der Waals surface area contributed by atoms with Crippen LogP contribution >= 0.6 is 38.1 Å². The van der Waals surface area contributed by atoms with Crippen LogP contribution in [0, 0.1) is 28.6 Å². The fourth-order valence-electron chi connectivity index (χ4n) is 8.52. The first-order valence-corrected chi connectivity index (χ1v) is 13.2. The number of thiol groups is 3. The van der Waals surface area contributed by atoms with Crippen molar-refractivity contribution in [2.24, 2.45) is 28.6 Å². The summed E-state index contributed by atoms with van der Waals surface area (Å²) in [5.74, 6) is 2.72. The van der Waals surface area contributed by atoms with Crippen molar-refractivity contribution in [2.75, 3.05) is 6.54 Å². The normalized spacial score (nSPS) is 49.7. The summed E-state index contributed by atoms with van der Waals surface area (Å²) in [4.78, 5) is 0. The molecule has 27 heavy (non-hydrogen) atoms. The van der Waals surface area contributed by atoms with E-state index >= 15 is 0 Å². The molecule has 4 rings (SSSR count). The first kappa shape index (κ1) is 21.2. The zero-order valence-corrected chi connectivity index (χ0v) is 20.1. The standard InChI is InChI=1S/C23H41NS3/c1-3-5-9-22-14-17(25)12-16-8-7-11-24(27)19-13-18(26)15-23(22,10-6-4-2)21(19)20(16)22/h16-21,25-27H,3-15H2,1-2H3. The van der Waals surface area contributed by atoms with E-state index in [4.69, 9.17) is 38.1 Å². The largest absolute Gasteiger partial charge is 0.250 e. The lowest BCUT2D eigenvalue weighted by molar-refractivity contribution is -0.290. The molecule has 1 aliphatic heterocycles. The second kappa shape index (κ2) is 8.27. The summed E-state index contributed by atoms with van der Waals surface area (Å²) in [5, 5.41) is 1.17. The zero-order chi connectivity index (χ0) is 19.2. The Bertz CT molecular complexity index is 528. The van der Waals surface area contributed by atoms with Crippen molar-refractivity contribution in [1.29, 1.82) is 0 Å². The minimum Gasteiger partial charge on any atom is -0.250 e. The van der Waals surface area contributed by atoms with E-state index in [0.717, 1.165) is 24.3 Å². The summed E-state index contributed by atoms with van der Waals surface area (Å²) in [5.41, 5.74) is 1.06. The molecule has 0 radical (unpaired) electrons. The van der Waals surface area contributed by atoms with Gasteiger partial charge in [-0.1, -0.05) is 52.3 Å². The molecule has 1 nitrogen and oxygen atoms in total. The van der Waals surface area contributed by atoms with Gasteiger partial charge in [0, 0.05) is 23.1 Å². The molecule has 0 bridgehead atoms. The zero-order valence-electron chi connectivity index (χ0n) is 17.4. The van der Waals surface area contributed by atoms with Crippen molar-refractivity contribution in [3.63, 3.8) is 0 Å². The third-order valence-electron chi connectivity index (χ3n) is 9.16. The lowest BCUT2D eigenvalue weighted by Crippen LogP contribution is -2.76. The molecule has 0 aromatic carbocycles. The molecule has 8 atom stereocenters. The number of hydrogen-bond donors (Lipinski definition) is 3. The Kier molecular flexibility index (Phi) is 6.51. The van der Waals surface area contributed by atoms with Crippen molar-refractivity contribution < 1.29 is 0 Å². The number of nitrogens with zero attached hydrogens (tertiary/aromatic N) is 1. The first-order chi connectivity index (χ1) is 13.0. The molecule has 0 amide bonds. The van der Waals surface area contributed by atoms with Crippen LogP contribution in [0.3, 0.4) is 0 Å². The Morgan fingerprint density at radius 3 is 2.11 bits per heavy atom. The highest BCUT2D eigenvalue weighted by Crippen LogP contribution is 2.79. The molecule has 156 valence electrons. The smallest absolute Gasteiger partial charge is 0.0247 e. The van der Waals surface area contributed by atoms with Crippen LogP contribution in [0.2, 0.25) is 0 Å². The monoisotopic (exact) mass is 427 g/mol. The van der Waals surface area contributed by atoms with Crippen LogP contribution in [0.4, 0.5) is 0 Å². The highest BCUT2D eigenvalue weighted by molar-refractivity contribution is 7.81. The first-order valence-electron chi connectivity index (χ1n) is 11.8. The van der Waals surface area contributed by atoms with Gasteiger partial charge in [-0.15, -0.1) is 0 Å². The molecule has 3 aliphatic carbocycles. The fourth-order valence-corrected chi connectivity index (χ4v) is 10.0. The fraction of sp³-hybridized carbons (Fsp3) is 1.00. The van der Waals surface area contributed by atoms with E-state index in [0.29, 0.717) is 27.4 Å². The molecule has 0 aromatic rings. The highest BCUT2D eigenvalue weighted by atomic mass is 32.1. The van der Waals surface area contributed by atoms with Crippen LogP contribution in [0.15, 0.2) is 0 Å². The van der Waals surface area contributed by atoms with Crippen molar-refractivity contribution in [2.45, 2.75) is 107 Å². The van der Waals surface area contributed by atoms with E-state index in [2.05, 4.69) is 18.2 Å². The SMILES string of the molecule is CCCCC12CC(S)CC3CCCN(S)C4CC(S)CC1(CCCC)C4C32. The van der Waals surface area contributed by atoms with Gasteiger partial charge in [0.05, 0.1) is 0 Å². The van der Waals surface area contributed by atoms with E-state index in [-0.39, 0.29) is 0 Å². The average Bonchev–Trinajstić information content (AvgIpc) is 2.62. The lowest BCUT2D eigenvalue weighted by Gasteiger charge is -2.79. The summed E-state index contributed by atoms with van der Waals surface area (Å²) in [6.45, 7) is 5.91. The van der Waals surface area contributed by atoms with Crippen molar-refractivity contribution >= 4 is 38.1 Å². The van der Waals surface area contributed by atoms with E-state index in [1.54, 1.807) is 0 Å². The number of hydrogen-bond acceptors (Lipinski definition) is 4. The minimum absolute atomic E-state index is 0.510. The van der Waals surface area contributed by atoms with E-state index in [1.807, 2.05) is 0 Å². The third kappa shape index (κ3) is 3.26. The number of rotatable bonds is 6. The van der Waals surface area contributed by atoms with Crippen LogP contribution in [0.5, 0.6) is 0 Å². The molecule has 8 unspecified atom stereocenters. The minimum atomic E-state index is 0.510. The van der Waals surface area contributed by atoms with E-state index in [1.165, 1.54) is 77.0 Å². The van der Waals surface area contributed by atoms with Gasteiger partial charge < -0.3 is 0 Å². The Hall–Kier alpha value is 1.01. The molecular weight excluding hydrogens is 386 g/mol. The summed E-state index contributed by atoms with van der Waals surface area (Å²) >= 11 is 15.3. The van der Waals surface area contributed by atoms with Gasteiger partial charge in [-0.05, 0) is 80.0 Å². The highest BCUT2D eigenvalue weighted by Gasteiger charge is 2.75. The van der Waals surface area contributed by atoms with Gasteiger partial charge in [0.15, 0.2) is 0 Å². The summed E-state index contributed by atoms with van der Waals surface area (Å²) in [6, 6.07) is 0.653. The summed E-state index contributed by atoms with van der Waals surface area (Å²) < 4.78 is 2.46. The predicted octanol–water partition coefficient (Wildman–Crippen LogP) is 6.70. The lowest BCUT2D eigenvalue weighted by atomic mass is 9.27. The van der Waals surface area contributed by atoms with Crippen molar-refractivity contribution in [3.8, 4) is 0 Å². The van der Waals surface area contributed by atoms with Gasteiger partial charge in [0.25, 0.3) is 0 Å². The number of unbranched alkanes of at least 4 members (excludes halogenated alkanes) is 2. The second-order valence-corrected chi connectivity index (χ2v) is 12.4. The molecule has 4 heteroatoms. The van der Waals surface area contributed by atoms with Gasteiger partial charge in [-0.25, -0.2) is 4.31 Å². The Balaban J connectivity index is 1.79. The van der Waals surface area contributed by atoms with Crippen LogP contribution in [-0.4, -0.2) is 27.4 Å². The Labute approximate surface area is 184 Å². The maximum atomic E-state index is 5.14. The van der Waals surface area contributed by atoms with Gasteiger partial charge in [-0.3, -0.25) is 0 Å².